The molecule has 1 aromatic rings. The number of halogens is 1. The highest BCUT2D eigenvalue weighted by Crippen LogP contribution is 2.28. The van der Waals surface area contributed by atoms with E-state index >= 15 is 0 Å². The summed E-state index contributed by atoms with van der Waals surface area (Å²) in [5.41, 5.74) is 7.20. The summed E-state index contributed by atoms with van der Waals surface area (Å²) in [6.07, 6.45) is 1.19. The third-order valence-electron chi connectivity index (χ3n) is 4.13. The number of rotatable bonds is 4. The first kappa shape index (κ1) is 15.1. The van der Waals surface area contributed by atoms with E-state index in [0.717, 1.165) is 31.9 Å². The van der Waals surface area contributed by atoms with Gasteiger partial charge in [-0.2, -0.15) is 0 Å². The van der Waals surface area contributed by atoms with Crippen LogP contribution in [0.5, 0.6) is 0 Å². The van der Waals surface area contributed by atoms with Crippen LogP contribution >= 0.6 is 11.6 Å². The van der Waals surface area contributed by atoms with Gasteiger partial charge in [-0.3, -0.25) is 10.3 Å². The molecule has 1 heterocycles. The number of nitrogens with zero attached hydrogens (tertiary/aromatic N) is 2. The number of anilines is 1. The molecule has 0 saturated carbocycles. The zero-order valence-electron chi connectivity index (χ0n) is 12.2. The average molecular weight is 295 g/mol. The average Bonchev–Trinajstić information content (AvgIpc) is 2.46. The van der Waals surface area contributed by atoms with Crippen LogP contribution in [0, 0.1) is 5.41 Å². The van der Waals surface area contributed by atoms with Crippen molar-refractivity contribution in [2.75, 3.05) is 31.1 Å². The molecule has 5 heteroatoms. The van der Waals surface area contributed by atoms with Gasteiger partial charge in [-0.1, -0.05) is 18.5 Å². The van der Waals surface area contributed by atoms with Crippen LogP contribution in [0.15, 0.2) is 18.2 Å². The van der Waals surface area contributed by atoms with Crippen LogP contribution in [-0.2, 0) is 0 Å². The fourth-order valence-corrected chi connectivity index (χ4v) is 2.89. The standard InChI is InChI=1S/C15H23ClN4/c1-3-11(2)19-6-8-20(9-7-19)14-5-4-12(15(17)18)10-13(14)16/h4-5,10-11H,3,6-9H2,1-2H3,(H3,17,18). The number of hydrogen-bond donors (Lipinski definition) is 2. The van der Waals surface area contributed by atoms with Crippen molar-refractivity contribution in [3.8, 4) is 0 Å². The van der Waals surface area contributed by atoms with E-state index in [2.05, 4.69) is 23.6 Å². The molecule has 20 heavy (non-hydrogen) atoms. The number of benzene rings is 1. The summed E-state index contributed by atoms with van der Waals surface area (Å²) >= 11 is 6.33. The third kappa shape index (κ3) is 3.25. The molecule has 0 radical (unpaired) electrons. The van der Waals surface area contributed by atoms with E-state index < -0.39 is 0 Å². The lowest BCUT2D eigenvalue weighted by Crippen LogP contribution is -2.49. The molecule has 0 bridgehead atoms. The van der Waals surface area contributed by atoms with Crippen LogP contribution < -0.4 is 10.6 Å². The van der Waals surface area contributed by atoms with E-state index in [-0.39, 0.29) is 5.84 Å². The zero-order valence-corrected chi connectivity index (χ0v) is 13.0. The van der Waals surface area contributed by atoms with Crippen LogP contribution in [-0.4, -0.2) is 43.0 Å². The number of nitrogens with one attached hydrogen (secondary N) is 1. The summed E-state index contributed by atoms with van der Waals surface area (Å²) < 4.78 is 0. The van der Waals surface area contributed by atoms with Crippen molar-refractivity contribution in [3.05, 3.63) is 28.8 Å². The molecule has 3 N–H and O–H groups in total. The van der Waals surface area contributed by atoms with Crippen LogP contribution in [0.1, 0.15) is 25.8 Å². The number of nitrogens with two attached hydrogens (primary N) is 1. The predicted molar refractivity (Wildman–Crippen MR) is 86.0 cm³/mol. The van der Waals surface area contributed by atoms with Crippen molar-refractivity contribution < 1.29 is 0 Å². The summed E-state index contributed by atoms with van der Waals surface area (Å²) in [6, 6.07) is 6.26. The highest BCUT2D eigenvalue weighted by atomic mass is 35.5. The summed E-state index contributed by atoms with van der Waals surface area (Å²) in [5, 5.41) is 8.12. The van der Waals surface area contributed by atoms with Gasteiger partial charge in [0.1, 0.15) is 5.84 Å². The molecule has 0 spiro atoms. The van der Waals surface area contributed by atoms with Crippen molar-refractivity contribution in [3.63, 3.8) is 0 Å². The zero-order chi connectivity index (χ0) is 14.7. The lowest BCUT2D eigenvalue weighted by molar-refractivity contribution is 0.193. The van der Waals surface area contributed by atoms with E-state index in [1.807, 2.05) is 12.1 Å². The number of amidine groups is 1. The van der Waals surface area contributed by atoms with Crippen molar-refractivity contribution in [2.24, 2.45) is 5.73 Å². The first-order chi connectivity index (χ1) is 9.52. The quantitative estimate of drug-likeness (QED) is 0.663. The summed E-state index contributed by atoms with van der Waals surface area (Å²) in [7, 11) is 0. The van der Waals surface area contributed by atoms with Crippen LogP contribution in [0.25, 0.3) is 0 Å². The molecule has 1 fully saturated rings. The maximum Gasteiger partial charge on any atom is 0.122 e. The van der Waals surface area contributed by atoms with Crippen LogP contribution in [0.3, 0.4) is 0 Å². The first-order valence-electron chi connectivity index (χ1n) is 7.16. The molecule has 1 aliphatic heterocycles. The third-order valence-corrected chi connectivity index (χ3v) is 4.43. The fourth-order valence-electron chi connectivity index (χ4n) is 2.59. The van der Waals surface area contributed by atoms with Gasteiger partial charge in [0.2, 0.25) is 0 Å². The van der Waals surface area contributed by atoms with Crippen LogP contribution in [0.2, 0.25) is 5.02 Å². The van der Waals surface area contributed by atoms with Gasteiger partial charge in [0.05, 0.1) is 10.7 Å². The van der Waals surface area contributed by atoms with Gasteiger partial charge < -0.3 is 10.6 Å². The Balaban J connectivity index is 2.05. The van der Waals surface area contributed by atoms with E-state index in [1.54, 1.807) is 6.07 Å². The van der Waals surface area contributed by atoms with Gasteiger partial charge in [0.25, 0.3) is 0 Å². The summed E-state index contributed by atoms with van der Waals surface area (Å²) in [5.74, 6) is 0.0556. The highest BCUT2D eigenvalue weighted by Gasteiger charge is 2.21. The SMILES string of the molecule is CCC(C)N1CCN(c2ccc(C(=N)N)cc2Cl)CC1. The summed E-state index contributed by atoms with van der Waals surface area (Å²) in [4.78, 5) is 4.83. The normalized spacial score (nSPS) is 18.1. The molecule has 1 atom stereocenters. The molecule has 2 rings (SSSR count). The Kier molecular flexibility index (Phi) is 4.89. The molecular weight excluding hydrogens is 272 g/mol. The maximum atomic E-state index is 7.44. The van der Waals surface area contributed by atoms with Crippen molar-refractivity contribution in [1.82, 2.24) is 4.90 Å². The van der Waals surface area contributed by atoms with E-state index in [9.17, 15) is 0 Å². The van der Waals surface area contributed by atoms with Gasteiger partial charge in [0, 0.05) is 37.8 Å². The molecule has 0 aromatic heterocycles. The molecule has 1 saturated heterocycles. The number of piperazine rings is 1. The van der Waals surface area contributed by atoms with Gasteiger partial charge >= 0.3 is 0 Å². The van der Waals surface area contributed by atoms with Crippen molar-refractivity contribution in [1.29, 1.82) is 5.41 Å². The minimum Gasteiger partial charge on any atom is -0.384 e. The second-order valence-corrected chi connectivity index (χ2v) is 5.77. The van der Waals surface area contributed by atoms with Gasteiger partial charge in [0.15, 0.2) is 0 Å². The van der Waals surface area contributed by atoms with Crippen molar-refractivity contribution >= 4 is 23.1 Å². The number of nitrogen functional groups attached to an aromatic ring is 1. The molecule has 1 aliphatic rings. The number of hydrogen-bond acceptors (Lipinski definition) is 3. The fraction of sp³-hybridized carbons (Fsp3) is 0.533. The first-order valence-corrected chi connectivity index (χ1v) is 7.53. The molecular formula is C15H23ClN4. The Bertz CT molecular complexity index is 481. The lowest BCUT2D eigenvalue weighted by atomic mass is 10.1. The Hall–Kier alpha value is -1.26. The topological polar surface area (TPSA) is 56.4 Å². The largest absolute Gasteiger partial charge is 0.384 e. The maximum absolute atomic E-state index is 7.44. The Morgan fingerprint density at radius 2 is 2.00 bits per heavy atom. The van der Waals surface area contributed by atoms with Gasteiger partial charge in [-0.05, 0) is 31.5 Å². The lowest BCUT2D eigenvalue weighted by Gasteiger charge is -2.39. The van der Waals surface area contributed by atoms with E-state index in [1.165, 1.54) is 6.42 Å². The molecule has 0 aliphatic carbocycles. The van der Waals surface area contributed by atoms with Crippen LogP contribution in [0.4, 0.5) is 5.69 Å². The molecule has 1 unspecified atom stereocenters. The molecule has 0 amide bonds. The smallest absolute Gasteiger partial charge is 0.122 e. The molecule has 4 nitrogen and oxygen atoms in total. The van der Waals surface area contributed by atoms with E-state index in [0.29, 0.717) is 16.6 Å². The minimum atomic E-state index is 0.0556. The minimum absolute atomic E-state index is 0.0556. The van der Waals surface area contributed by atoms with E-state index in [4.69, 9.17) is 22.7 Å². The Morgan fingerprint density at radius 3 is 2.50 bits per heavy atom. The second-order valence-electron chi connectivity index (χ2n) is 5.36. The molecule has 1 aromatic carbocycles. The Labute approximate surface area is 126 Å². The highest BCUT2D eigenvalue weighted by molar-refractivity contribution is 6.33. The van der Waals surface area contributed by atoms with Gasteiger partial charge in [-0.15, -0.1) is 0 Å². The Morgan fingerprint density at radius 1 is 1.35 bits per heavy atom. The second kappa shape index (κ2) is 6.46. The summed E-state index contributed by atoms with van der Waals surface area (Å²) in [6.45, 7) is 8.63. The van der Waals surface area contributed by atoms with Gasteiger partial charge in [-0.25, -0.2) is 0 Å². The monoisotopic (exact) mass is 294 g/mol. The molecule has 110 valence electrons. The predicted octanol–water partition coefficient (Wildman–Crippen LogP) is 2.54. The van der Waals surface area contributed by atoms with Crippen molar-refractivity contribution in [2.45, 2.75) is 26.3 Å².